The van der Waals surface area contributed by atoms with Crippen LogP contribution in [0.2, 0.25) is 0 Å². The van der Waals surface area contributed by atoms with E-state index in [1.807, 2.05) is 68.4 Å². The minimum atomic E-state index is 0.478. The maximum absolute atomic E-state index is 5.22. The Balaban J connectivity index is 1.95. The van der Waals surface area contributed by atoms with Gasteiger partial charge in [-0.05, 0) is 49.3 Å². The molecule has 0 aliphatic rings. The molecule has 0 unspecified atom stereocenters. The van der Waals surface area contributed by atoms with Gasteiger partial charge in [-0.3, -0.25) is 5.43 Å². The summed E-state index contributed by atoms with van der Waals surface area (Å²) in [4.78, 5) is 0. The van der Waals surface area contributed by atoms with E-state index in [-0.39, 0.29) is 0 Å². The Labute approximate surface area is 124 Å². The molecule has 102 valence electrons. The molecule has 20 heavy (non-hydrogen) atoms. The summed E-state index contributed by atoms with van der Waals surface area (Å²) in [5.41, 5.74) is 6.95. The van der Waals surface area contributed by atoms with Crippen LogP contribution in [0.4, 0.5) is 5.69 Å². The third-order valence-electron chi connectivity index (χ3n) is 2.79. The molecule has 2 aromatic rings. The van der Waals surface area contributed by atoms with Gasteiger partial charge in [0.05, 0.1) is 5.71 Å². The molecule has 2 N–H and O–H groups in total. The molecule has 0 aliphatic carbocycles. The number of aryl methyl sites for hydroxylation is 1. The van der Waals surface area contributed by atoms with Gasteiger partial charge in [0.15, 0.2) is 5.11 Å². The number of benzene rings is 2. The summed E-state index contributed by atoms with van der Waals surface area (Å²) in [6.45, 7) is 3.98. The lowest BCUT2D eigenvalue weighted by atomic mass is 10.1. The van der Waals surface area contributed by atoms with Crippen LogP contribution in [0.1, 0.15) is 18.1 Å². The van der Waals surface area contributed by atoms with E-state index in [2.05, 4.69) is 15.8 Å². The molecule has 0 saturated heterocycles. The number of hydrogen-bond donors (Lipinski definition) is 2. The summed E-state index contributed by atoms with van der Waals surface area (Å²) in [5.74, 6) is 0. The molecule has 0 heterocycles. The predicted molar refractivity (Wildman–Crippen MR) is 89.2 cm³/mol. The first-order chi connectivity index (χ1) is 9.65. The highest BCUT2D eigenvalue weighted by Gasteiger charge is 1.98. The zero-order chi connectivity index (χ0) is 14.4. The Morgan fingerprint density at radius 3 is 2.50 bits per heavy atom. The van der Waals surface area contributed by atoms with Gasteiger partial charge in [0.2, 0.25) is 0 Å². The van der Waals surface area contributed by atoms with Gasteiger partial charge >= 0.3 is 0 Å². The van der Waals surface area contributed by atoms with Crippen LogP contribution in [0.25, 0.3) is 0 Å². The quantitative estimate of drug-likeness (QED) is 0.512. The second kappa shape index (κ2) is 6.82. The molecule has 4 heteroatoms. The highest BCUT2D eigenvalue weighted by Crippen LogP contribution is 2.09. The molecule has 0 saturated carbocycles. The number of nitrogens with one attached hydrogen (secondary N) is 2. The lowest BCUT2D eigenvalue weighted by molar-refractivity contribution is 1.04. The molecule has 0 aliphatic heterocycles. The number of thiocarbonyl (C=S) groups is 1. The third-order valence-corrected chi connectivity index (χ3v) is 2.99. The average Bonchev–Trinajstić information content (AvgIpc) is 2.46. The normalized spacial score (nSPS) is 11.0. The van der Waals surface area contributed by atoms with Gasteiger partial charge in [-0.25, -0.2) is 0 Å². The zero-order valence-electron chi connectivity index (χ0n) is 11.6. The van der Waals surface area contributed by atoms with Crippen molar-refractivity contribution in [2.24, 2.45) is 5.10 Å². The summed E-state index contributed by atoms with van der Waals surface area (Å²) in [6, 6.07) is 18.0. The molecule has 0 aromatic heterocycles. The van der Waals surface area contributed by atoms with Gasteiger partial charge in [-0.2, -0.15) is 5.10 Å². The van der Waals surface area contributed by atoms with Gasteiger partial charge in [0.25, 0.3) is 0 Å². The maximum Gasteiger partial charge on any atom is 0.191 e. The average molecular weight is 283 g/mol. The predicted octanol–water partition coefficient (Wildman–Crippen LogP) is 3.71. The van der Waals surface area contributed by atoms with Crippen molar-refractivity contribution in [2.45, 2.75) is 13.8 Å². The lowest BCUT2D eigenvalue weighted by Gasteiger charge is -2.08. The molecule has 3 nitrogen and oxygen atoms in total. The topological polar surface area (TPSA) is 36.4 Å². The van der Waals surface area contributed by atoms with Crippen LogP contribution in [0.5, 0.6) is 0 Å². The minimum Gasteiger partial charge on any atom is -0.331 e. The highest BCUT2D eigenvalue weighted by atomic mass is 32.1. The number of nitrogens with zero attached hydrogens (tertiary/aromatic N) is 1. The summed E-state index contributed by atoms with van der Waals surface area (Å²) in [5, 5.41) is 7.86. The van der Waals surface area contributed by atoms with Crippen LogP contribution in [-0.4, -0.2) is 10.8 Å². The van der Waals surface area contributed by atoms with E-state index in [1.54, 1.807) is 0 Å². The molecule has 2 rings (SSSR count). The smallest absolute Gasteiger partial charge is 0.191 e. The van der Waals surface area contributed by atoms with Gasteiger partial charge < -0.3 is 5.32 Å². The molecule has 0 fully saturated rings. The molecule has 2 aromatic carbocycles. The summed E-state index contributed by atoms with van der Waals surface area (Å²) >= 11 is 5.22. The van der Waals surface area contributed by atoms with Gasteiger partial charge in [-0.15, -0.1) is 0 Å². The first-order valence-corrected chi connectivity index (χ1v) is 6.79. The molecular weight excluding hydrogens is 266 g/mol. The van der Waals surface area contributed by atoms with Crippen molar-refractivity contribution < 1.29 is 0 Å². The fourth-order valence-electron chi connectivity index (χ4n) is 1.76. The van der Waals surface area contributed by atoms with E-state index >= 15 is 0 Å². The maximum atomic E-state index is 5.22. The SMILES string of the molecule is CC(=NNC(=S)Nc1cccc(C)c1)c1ccccc1. The van der Waals surface area contributed by atoms with Gasteiger partial charge in [0, 0.05) is 5.69 Å². The van der Waals surface area contributed by atoms with E-state index in [0.29, 0.717) is 5.11 Å². The van der Waals surface area contributed by atoms with Crippen molar-refractivity contribution in [1.29, 1.82) is 0 Å². The van der Waals surface area contributed by atoms with Gasteiger partial charge in [0.1, 0.15) is 0 Å². The summed E-state index contributed by atoms with van der Waals surface area (Å²) in [7, 11) is 0. The van der Waals surface area contributed by atoms with Crippen molar-refractivity contribution in [2.75, 3.05) is 5.32 Å². The van der Waals surface area contributed by atoms with Crippen molar-refractivity contribution in [3.8, 4) is 0 Å². The molecule has 0 atom stereocenters. The van der Waals surface area contributed by atoms with Crippen LogP contribution in [0.3, 0.4) is 0 Å². The number of hydrogen-bond acceptors (Lipinski definition) is 2. The second-order valence-corrected chi connectivity index (χ2v) is 4.91. The second-order valence-electron chi connectivity index (χ2n) is 4.50. The number of hydrazone groups is 1. The molecule has 0 amide bonds. The standard InChI is InChI=1S/C16H17N3S/c1-12-7-6-10-15(11-12)17-16(20)19-18-13(2)14-8-4-3-5-9-14/h3-11H,1-2H3,(H2,17,19,20). The monoisotopic (exact) mass is 283 g/mol. The number of rotatable bonds is 3. The zero-order valence-corrected chi connectivity index (χ0v) is 12.4. The fourth-order valence-corrected chi connectivity index (χ4v) is 1.92. The lowest BCUT2D eigenvalue weighted by Crippen LogP contribution is -2.24. The number of anilines is 1. The Morgan fingerprint density at radius 1 is 1.05 bits per heavy atom. The molecule has 0 spiro atoms. The van der Waals surface area contributed by atoms with E-state index in [4.69, 9.17) is 12.2 Å². The first-order valence-electron chi connectivity index (χ1n) is 6.38. The Kier molecular flexibility index (Phi) is 4.85. The summed E-state index contributed by atoms with van der Waals surface area (Å²) < 4.78 is 0. The third kappa shape index (κ3) is 4.17. The Morgan fingerprint density at radius 2 is 1.80 bits per heavy atom. The molecule has 0 bridgehead atoms. The fraction of sp³-hybridized carbons (Fsp3) is 0.125. The van der Waals surface area contributed by atoms with Crippen molar-refractivity contribution >= 4 is 28.7 Å². The minimum absolute atomic E-state index is 0.478. The van der Waals surface area contributed by atoms with Crippen LogP contribution >= 0.6 is 12.2 Å². The molecular formula is C16H17N3S. The van der Waals surface area contributed by atoms with Crippen molar-refractivity contribution in [3.05, 3.63) is 65.7 Å². The van der Waals surface area contributed by atoms with Crippen LogP contribution in [0.15, 0.2) is 59.7 Å². The van der Waals surface area contributed by atoms with Crippen LogP contribution in [0, 0.1) is 6.92 Å². The largest absolute Gasteiger partial charge is 0.331 e. The summed E-state index contributed by atoms with van der Waals surface area (Å²) in [6.07, 6.45) is 0. The van der Waals surface area contributed by atoms with E-state index in [1.165, 1.54) is 5.56 Å². The van der Waals surface area contributed by atoms with Crippen LogP contribution < -0.4 is 10.7 Å². The van der Waals surface area contributed by atoms with E-state index < -0.39 is 0 Å². The van der Waals surface area contributed by atoms with Gasteiger partial charge in [-0.1, -0.05) is 42.5 Å². The van der Waals surface area contributed by atoms with E-state index in [9.17, 15) is 0 Å². The molecule has 0 radical (unpaired) electrons. The van der Waals surface area contributed by atoms with Crippen LogP contribution in [-0.2, 0) is 0 Å². The first kappa shape index (κ1) is 14.2. The Hall–Kier alpha value is -2.20. The highest BCUT2D eigenvalue weighted by molar-refractivity contribution is 7.80. The van der Waals surface area contributed by atoms with Crippen molar-refractivity contribution in [3.63, 3.8) is 0 Å². The van der Waals surface area contributed by atoms with Crippen molar-refractivity contribution in [1.82, 2.24) is 5.43 Å². The Bertz CT molecular complexity index is 621. The van der Waals surface area contributed by atoms with E-state index in [0.717, 1.165) is 17.0 Å².